The van der Waals surface area contributed by atoms with E-state index in [4.69, 9.17) is 4.74 Å². The predicted octanol–water partition coefficient (Wildman–Crippen LogP) is 0.979. The van der Waals surface area contributed by atoms with Gasteiger partial charge in [-0.25, -0.2) is 0 Å². The van der Waals surface area contributed by atoms with Crippen molar-refractivity contribution < 1.29 is 24.2 Å². The van der Waals surface area contributed by atoms with E-state index in [0.29, 0.717) is 12.8 Å². The van der Waals surface area contributed by atoms with Crippen LogP contribution in [0.5, 0.6) is 5.75 Å². The number of likely N-dealkylation sites (tertiary alicyclic amines) is 1. The molecule has 1 aromatic rings. The number of methoxy groups -OCH3 is 1. The van der Waals surface area contributed by atoms with Crippen LogP contribution in [0.2, 0.25) is 0 Å². The number of ether oxygens (including phenoxy) is 1. The van der Waals surface area contributed by atoms with Crippen molar-refractivity contribution in [1.29, 1.82) is 0 Å². The van der Waals surface area contributed by atoms with Gasteiger partial charge in [-0.05, 0) is 24.1 Å². The van der Waals surface area contributed by atoms with Crippen LogP contribution in [0, 0.1) is 11.8 Å². The van der Waals surface area contributed by atoms with Crippen molar-refractivity contribution in [3.8, 4) is 5.75 Å². The first-order valence-electron chi connectivity index (χ1n) is 8.33. The minimum Gasteiger partial charge on any atom is -0.508 e. The molecule has 7 heteroatoms. The number of nitrogens with zero attached hydrogens (tertiary/aromatic N) is 1. The maximum Gasteiger partial charge on any atom is 0.326 e. The molecule has 2 aliphatic rings. The summed E-state index contributed by atoms with van der Waals surface area (Å²) in [5.41, 5.74) is -0.486. The lowest BCUT2D eigenvalue weighted by Crippen LogP contribution is -2.56. The summed E-state index contributed by atoms with van der Waals surface area (Å²) >= 11 is 0. The first-order valence-corrected chi connectivity index (χ1v) is 8.33. The van der Waals surface area contributed by atoms with E-state index < -0.39 is 29.4 Å². The average Bonchev–Trinajstić information content (AvgIpc) is 3.06. The van der Waals surface area contributed by atoms with Crippen LogP contribution in [0.3, 0.4) is 0 Å². The minimum atomic E-state index is -1.23. The highest BCUT2D eigenvalue weighted by atomic mass is 16.5. The van der Waals surface area contributed by atoms with Crippen LogP contribution in [-0.4, -0.2) is 47.5 Å². The zero-order chi connectivity index (χ0) is 18.4. The van der Waals surface area contributed by atoms with E-state index in [-0.39, 0.29) is 17.6 Å². The number of imide groups is 1. The number of benzene rings is 1. The topological polar surface area (TPSA) is 95.9 Å². The van der Waals surface area contributed by atoms with E-state index in [0.717, 1.165) is 10.5 Å². The predicted molar refractivity (Wildman–Crippen MR) is 88.4 cm³/mol. The van der Waals surface area contributed by atoms with Crippen LogP contribution < -0.4 is 5.32 Å². The number of hydrogen-bond donors (Lipinski definition) is 2. The Hall–Kier alpha value is -2.41. The molecule has 0 spiro atoms. The molecule has 0 saturated carbocycles. The number of amides is 2. The molecular weight excluding hydrogens is 324 g/mol. The van der Waals surface area contributed by atoms with E-state index in [1.165, 1.54) is 26.3 Å². The Morgan fingerprint density at radius 2 is 1.92 bits per heavy atom. The molecule has 25 heavy (non-hydrogen) atoms. The zero-order valence-electron chi connectivity index (χ0n) is 14.5. The van der Waals surface area contributed by atoms with Crippen molar-refractivity contribution in [3.63, 3.8) is 0 Å². The lowest BCUT2D eigenvalue weighted by Gasteiger charge is -2.31. The van der Waals surface area contributed by atoms with Gasteiger partial charge in [0, 0.05) is 13.1 Å². The molecule has 2 fully saturated rings. The summed E-state index contributed by atoms with van der Waals surface area (Å²) in [6, 6.07) is 5.93. The molecule has 4 atom stereocenters. The summed E-state index contributed by atoms with van der Waals surface area (Å²) in [5.74, 6) is -2.55. The number of nitrogens with one attached hydrogen (secondary N) is 1. The monoisotopic (exact) mass is 346 g/mol. The standard InChI is InChI=1S/C18H22N2O5/c1-4-9-18(17(24)25-3)13-12(15(22)20(2)16(13)23)14(19-18)10-5-7-11(21)8-6-10/h5-8,12-14,19,21H,4,9H2,1-3H3/t12-,13-,14-,18-/m0/s1. The third-order valence-electron chi connectivity index (χ3n) is 5.32. The molecule has 2 aliphatic heterocycles. The van der Waals surface area contributed by atoms with Crippen LogP contribution in [-0.2, 0) is 19.1 Å². The molecule has 0 unspecified atom stereocenters. The average molecular weight is 346 g/mol. The van der Waals surface area contributed by atoms with E-state index >= 15 is 0 Å². The number of rotatable bonds is 4. The second kappa shape index (κ2) is 6.15. The first kappa shape index (κ1) is 17.4. The number of carbonyl (C=O) groups excluding carboxylic acids is 3. The Morgan fingerprint density at radius 3 is 2.48 bits per heavy atom. The summed E-state index contributed by atoms with van der Waals surface area (Å²) < 4.78 is 5.00. The van der Waals surface area contributed by atoms with Gasteiger partial charge in [0.1, 0.15) is 11.3 Å². The molecule has 2 amide bonds. The van der Waals surface area contributed by atoms with Gasteiger partial charge in [0.05, 0.1) is 18.9 Å². The smallest absolute Gasteiger partial charge is 0.326 e. The van der Waals surface area contributed by atoms with Crippen molar-refractivity contribution in [2.24, 2.45) is 11.8 Å². The van der Waals surface area contributed by atoms with Crippen LogP contribution in [0.4, 0.5) is 0 Å². The molecular formula is C18H22N2O5. The Labute approximate surface area is 146 Å². The Kier molecular flexibility index (Phi) is 4.28. The molecule has 2 saturated heterocycles. The quantitative estimate of drug-likeness (QED) is 0.623. The Balaban J connectivity index is 2.13. The van der Waals surface area contributed by atoms with Crippen LogP contribution in [0.25, 0.3) is 0 Å². The normalized spacial score (nSPS) is 31.3. The molecule has 3 rings (SSSR count). The molecule has 0 bridgehead atoms. The number of fused-ring (bicyclic) bond motifs is 1. The summed E-state index contributed by atoms with van der Waals surface area (Å²) in [5, 5.41) is 12.8. The van der Waals surface area contributed by atoms with Crippen molar-refractivity contribution in [2.45, 2.75) is 31.3 Å². The molecule has 134 valence electrons. The van der Waals surface area contributed by atoms with Gasteiger partial charge in [0.25, 0.3) is 0 Å². The molecule has 1 aromatic carbocycles. The van der Waals surface area contributed by atoms with Gasteiger partial charge in [-0.2, -0.15) is 0 Å². The van der Waals surface area contributed by atoms with E-state index in [1.807, 2.05) is 6.92 Å². The van der Waals surface area contributed by atoms with Crippen molar-refractivity contribution in [1.82, 2.24) is 10.2 Å². The molecule has 0 aromatic heterocycles. The molecule has 0 aliphatic carbocycles. The van der Waals surface area contributed by atoms with Gasteiger partial charge >= 0.3 is 5.97 Å². The number of phenols is 1. The summed E-state index contributed by atoms with van der Waals surface area (Å²) in [6.45, 7) is 1.92. The van der Waals surface area contributed by atoms with E-state index in [9.17, 15) is 19.5 Å². The third-order valence-corrected chi connectivity index (χ3v) is 5.32. The molecule has 2 heterocycles. The second-order valence-electron chi connectivity index (χ2n) is 6.67. The highest BCUT2D eigenvalue weighted by Crippen LogP contribution is 2.50. The van der Waals surface area contributed by atoms with Crippen molar-refractivity contribution in [3.05, 3.63) is 29.8 Å². The van der Waals surface area contributed by atoms with E-state index in [1.54, 1.807) is 12.1 Å². The Bertz CT molecular complexity index is 717. The maximum atomic E-state index is 12.8. The zero-order valence-corrected chi connectivity index (χ0v) is 14.5. The van der Waals surface area contributed by atoms with Crippen LogP contribution in [0.1, 0.15) is 31.4 Å². The minimum absolute atomic E-state index is 0.108. The number of esters is 1. The van der Waals surface area contributed by atoms with Gasteiger partial charge in [0.2, 0.25) is 11.8 Å². The van der Waals surface area contributed by atoms with Crippen molar-refractivity contribution in [2.75, 3.05) is 14.2 Å². The highest BCUT2D eigenvalue weighted by molar-refractivity contribution is 6.09. The van der Waals surface area contributed by atoms with Gasteiger partial charge in [-0.1, -0.05) is 25.5 Å². The first-order chi connectivity index (χ1) is 11.9. The fraction of sp³-hybridized carbons (Fsp3) is 0.500. The number of hydrogen-bond acceptors (Lipinski definition) is 6. The lowest BCUT2D eigenvalue weighted by atomic mass is 9.77. The van der Waals surface area contributed by atoms with Crippen LogP contribution in [0.15, 0.2) is 24.3 Å². The van der Waals surface area contributed by atoms with Gasteiger partial charge < -0.3 is 9.84 Å². The summed E-state index contributed by atoms with van der Waals surface area (Å²) in [6.07, 6.45) is 1.04. The largest absolute Gasteiger partial charge is 0.508 e. The number of phenolic OH excluding ortho intramolecular Hbond substituents is 1. The third kappa shape index (κ3) is 2.41. The second-order valence-corrected chi connectivity index (χ2v) is 6.67. The van der Waals surface area contributed by atoms with E-state index in [2.05, 4.69) is 5.32 Å². The molecule has 2 N–H and O–H groups in total. The van der Waals surface area contributed by atoms with Crippen LogP contribution >= 0.6 is 0 Å². The molecule has 7 nitrogen and oxygen atoms in total. The maximum absolute atomic E-state index is 12.8. The van der Waals surface area contributed by atoms with Gasteiger partial charge in [-0.3, -0.25) is 24.6 Å². The van der Waals surface area contributed by atoms with Gasteiger partial charge in [-0.15, -0.1) is 0 Å². The van der Waals surface area contributed by atoms with Crippen molar-refractivity contribution >= 4 is 17.8 Å². The molecule has 0 radical (unpaired) electrons. The Morgan fingerprint density at radius 1 is 1.28 bits per heavy atom. The summed E-state index contributed by atoms with van der Waals surface area (Å²) in [7, 11) is 2.74. The highest BCUT2D eigenvalue weighted by Gasteiger charge is 2.67. The summed E-state index contributed by atoms with van der Waals surface area (Å²) in [4.78, 5) is 39.2. The lowest BCUT2D eigenvalue weighted by molar-refractivity contribution is -0.154. The number of carbonyl (C=O) groups is 3. The fourth-order valence-corrected chi connectivity index (χ4v) is 4.21. The SMILES string of the molecule is CCC[C@]1(C(=O)OC)N[C@@H](c2ccc(O)cc2)[C@H]2C(=O)N(C)C(=O)[C@H]21. The fourth-order valence-electron chi connectivity index (χ4n) is 4.21. The van der Waals surface area contributed by atoms with Gasteiger partial charge in [0.15, 0.2) is 0 Å². The number of aromatic hydroxyl groups is 1.